The lowest BCUT2D eigenvalue weighted by atomic mass is 10.1. The van der Waals surface area contributed by atoms with Gasteiger partial charge in [-0.2, -0.15) is 0 Å². The van der Waals surface area contributed by atoms with Crippen LogP contribution in [0, 0.1) is 0 Å². The Morgan fingerprint density at radius 3 is 2.61 bits per heavy atom. The highest BCUT2D eigenvalue weighted by Crippen LogP contribution is 2.33. The minimum atomic E-state index is -3.75. The highest BCUT2D eigenvalue weighted by molar-refractivity contribution is 9.10. The van der Waals surface area contributed by atoms with Crippen molar-refractivity contribution in [3.05, 3.63) is 57.0 Å². The van der Waals surface area contributed by atoms with E-state index in [9.17, 15) is 18.3 Å². The van der Waals surface area contributed by atoms with Gasteiger partial charge < -0.3 is 9.84 Å². The van der Waals surface area contributed by atoms with E-state index < -0.39 is 21.6 Å². The number of hydrogen-bond donors (Lipinski definition) is 1. The van der Waals surface area contributed by atoms with Crippen LogP contribution >= 0.6 is 27.5 Å². The average molecular weight is 420 g/mol. The van der Waals surface area contributed by atoms with Crippen LogP contribution in [0.2, 0.25) is 5.02 Å². The van der Waals surface area contributed by atoms with E-state index in [1.807, 2.05) is 0 Å². The van der Waals surface area contributed by atoms with Crippen LogP contribution in [0.3, 0.4) is 0 Å². The summed E-state index contributed by atoms with van der Waals surface area (Å²) in [5.41, 5.74) is -0.0509. The number of esters is 1. The lowest BCUT2D eigenvalue weighted by molar-refractivity contribution is 0.0596. The van der Waals surface area contributed by atoms with E-state index in [0.29, 0.717) is 0 Å². The highest BCUT2D eigenvalue weighted by Gasteiger charge is 2.24. The Morgan fingerprint density at radius 2 is 2.00 bits per heavy atom. The lowest BCUT2D eigenvalue weighted by Crippen LogP contribution is -2.11. The molecule has 1 N–H and O–H groups in total. The summed E-state index contributed by atoms with van der Waals surface area (Å²) in [7, 11) is -2.60. The topological polar surface area (TPSA) is 80.7 Å². The van der Waals surface area contributed by atoms with Crippen LogP contribution in [-0.2, 0) is 20.3 Å². The van der Waals surface area contributed by atoms with E-state index >= 15 is 0 Å². The first kappa shape index (κ1) is 17.8. The van der Waals surface area contributed by atoms with Gasteiger partial charge in [0, 0.05) is 5.02 Å². The number of carbonyl (C=O) groups is 1. The van der Waals surface area contributed by atoms with E-state index in [-0.39, 0.29) is 31.3 Å². The quantitative estimate of drug-likeness (QED) is 0.766. The van der Waals surface area contributed by atoms with Crippen LogP contribution in [-0.4, -0.2) is 26.6 Å². The third-order valence-corrected chi connectivity index (χ3v) is 5.64. The molecule has 0 spiro atoms. The second-order valence-electron chi connectivity index (χ2n) is 4.64. The van der Waals surface area contributed by atoms with Gasteiger partial charge in [-0.3, -0.25) is 0 Å². The molecule has 0 saturated heterocycles. The van der Waals surface area contributed by atoms with Crippen molar-refractivity contribution in [1.82, 2.24) is 0 Å². The molecule has 23 heavy (non-hydrogen) atoms. The smallest absolute Gasteiger partial charge is 0.341 e. The fourth-order valence-corrected chi connectivity index (χ4v) is 4.00. The molecule has 0 aliphatic carbocycles. The van der Waals surface area contributed by atoms with Crippen LogP contribution in [0.25, 0.3) is 0 Å². The van der Waals surface area contributed by atoms with Gasteiger partial charge in [0.2, 0.25) is 0 Å². The van der Waals surface area contributed by atoms with Gasteiger partial charge in [-0.15, -0.1) is 0 Å². The summed E-state index contributed by atoms with van der Waals surface area (Å²) in [6.07, 6.45) is 0. The highest BCUT2D eigenvalue weighted by atomic mass is 79.9. The second kappa shape index (κ2) is 6.90. The van der Waals surface area contributed by atoms with Crippen molar-refractivity contribution in [2.45, 2.75) is 10.6 Å². The number of phenolic OH excluding ortho intramolecular Hbond substituents is 1. The maximum absolute atomic E-state index is 12.5. The molecule has 5 nitrogen and oxygen atoms in total. The van der Waals surface area contributed by atoms with Gasteiger partial charge in [0.25, 0.3) is 0 Å². The van der Waals surface area contributed by atoms with Gasteiger partial charge in [-0.05, 0) is 45.8 Å². The molecular weight excluding hydrogens is 408 g/mol. The number of sulfone groups is 1. The number of halogens is 2. The maximum Gasteiger partial charge on any atom is 0.341 e. The third-order valence-electron chi connectivity index (χ3n) is 3.11. The summed E-state index contributed by atoms with van der Waals surface area (Å²) in [5.74, 6) is -1.66. The predicted molar refractivity (Wildman–Crippen MR) is 89.5 cm³/mol. The largest absolute Gasteiger partial charge is 0.506 e. The molecular formula is C15H12BrClO5S. The van der Waals surface area contributed by atoms with Gasteiger partial charge in [-0.1, -0.05) is 23.7 Å². The molecule has 0 fully saturated rings. The van der Waals surface area contributed by atoms with Crippen molar-refractivity contribution in [3.8, 4) is 5.75 Å². The number of carbonyl (C=O) groups excluding carboxylic acids is 1. The van der Waals surface area contributed by atoms with Crippen molar-refractivity contribution in [2.24, 2.45) is 0 Å². The summed E-state index contributed by atoms with van der Waals surface area (Å²) in [6.45, 7) is 0. The van der Waals surface area contributed by atoms with Gasteiger partial charge in [0.1, 0.15) is 11.3 Å². The van der Waals surface area contributed by atoms with Crippen LogP contribution in [0.4, 0.5) is 0 Å². The molecule has 8 heteroatoms. The first-order chi connectivity index (χ1) is 10.8. The molecule has 0 amide bonds. The molecule has 0 bridgehead atoms. The molecule has 2 aromatic rings. The molecule has 0 aromatic heterocycles. The first-order valence-corrected chi connectivity index (χ1v) is 9.15. The molecule has 0 saturated carbocycles. The van der Waals surface area contributed by atoms with Crippen LogP contribution in [0.5, 0.6) is 5.75 Å². The molecule has 0 heterocycles. The number of aromatic hydroxyl groups is 1. The number of ether oxygens (including phenoxy) is 1. The molecule has 0 aliphatic rings. The number of phenols is 1. The maximum atomic E-state index is 12.5. The van der Waals surface area contributed by atoms with E-state index in [1.54, 1.807) is 6.07 Å². The Labute approximate surface area is 146 Å². The predicted octanol–water partition coefficient (Wildman–Crippen LogP) is 3.57. The van der Waals surface area contributed by atoms with Gasteiger partial charge in [0.05, 0.1) is 22.2 Å². The second-order valence-corrected chi connectivity index (χ2v) is 7.92. The van der Waals surface area contributed by atoms with Gasteiger partial charge >= 0.3 is 5.97 Å². The number of benzene rings is 2. The van der Waals surface area contributed by atoms with Crippen molar-refractivity contribution >= 4 is 43.3 Å². The number of methoxy groups -OCH3 is 1. The van der Waals surface area contributed by atoms with E-state index in [0.717, 1.165) is 7.11 Å². The summed E-state index contributed by atoms with van der Waals surface area (Å²) < 4.78 is 29.9. The molecule has 122 valence electrons. The Hall–Kier alpha value is -1.57. The molecule has 0 unspecified atom stereocenters. The van der Waals surface area contributed by atoms with Crippen molar-refractivity contribution in [3.63, 3.8) is 0 Å². The summed E-state index contributed by atoms with van der Waals surface area (Å²) in [4.78, 5) is 11.9. The summed E-state index contributed by atoms with van der Waals surface area (Å²) >= 11 is 8.91. The zero-order valence-electron chi connectivity index (χ0n) is 11.9. The van der Waals surface area contributed by atoms with Crippen LogP contribution in [0.1, 0.15) is 15.9 Å². The average Bonchev–Trinajstić information content (AvgIpc) is 2.50. The fourth-order valence-electron chi connectivity index (χ4n) is 2.01. The molecule has 2 aromatic carbocycles. The zero-order valence-corrected chi connectivity index (χ0v) is 15.1. The van der Waals surface area contributed by atoms with Crippen LogP contribution < -0.4 is 0 Å². The van der Waals surface area contributed by atoms with E-state index in [4.69, 9.17) is 11.6 Å². The molecule has 0 radical (unpaired) electrons. The lowest BCUT2D eigenvalue weighted by Gasteiger charge is -2.12. The number of rotatable bonds is 4. The molecule has 0 atom stereocenters. The fraction of sp³-hybridized carbons (Fsp3) is 0.133. The van der Waals surface area contributed by atoms with Crippen molar-refractivity contribution in [1.29, 1.82) is 0 Å². The first-order valence-electron chi connectivity index (χ1n) is 6.33. The zero-order chi connectivity index (χ0) is 17.2. The van der Waals surface area contributed by atoms with Crippen molar-refractivity contribution < 1.29 is 23.1 Å². The van der Waals surface area contributed by atoms with Crippen molar-refractivity contribution in [2.75, 3.05) is 7.11 Å². The molecule has 0 aliphatic heterocycles. The third kappa shape index (κ3) is 3.85. The van der Waals surface area contributed by atoms with E-state index in [2.05, 4.69) is 20.7 Å². The van der Waals surface area contributed by atoms with Crippen LogP contribution in [0.15, 0.2) is 45.8 Å². The summed E-state index contributed by atoms with van der Waals surface area (Å²) in [6, 6.07) is 8.73. The summed E-state index contributed by atoms with van der Waals surface area (Å²) in [5, 5.41) is 10.3. The SMILES string of the molecule is COC(=O)c1c(CS(=O)(=O)c2cccc(Cl)c2)ccc(Br)c1O. The molecule has 2 rings (SSSR count). The standard InChI is InChI=1S/C15H12BrClO5S/c1-22-15(19)13-9(5-6-12(16)14(13)18)8-23(20,21)11-4-2-3-10(17)7-11/h2-7,18H,8H2,1H3. The Kier molecular flexibility index (Phi) is 5.33. The Bertz CT molecular complexity index is 864. The minimum Gasteiger partial charge on any atom is -0.506 e. The Balaban J connectivity index is 2.52. The number of hydrogen-bond acceptors (Lipinski definition) is 5. The van der Waals surface area contributed by atoms with E-state index in [1.165, 1.54) is 30.3 Å². The normalized spacial score (nSPS) is 11.3. The minimum absolute atomic E-state index is 0.0308. The Morgan fingerprint density at radius 1 is 1.30 bits per heavy atom. The van der Waals surface area contributed by atoms with Gasteiger partial charge in [0.15, 0.2) is 9.84 Å². The van der Waals surface area contributed by atoms with Gasteiger partial charge in [-0.25, -0.2) is 13.2 Å². The monoisotopic (exact) mass is 418 g/mol.